The van der Waals surface area contributed by atoms with Crippen molar-refractivity contribution in [3.63, 3.8) is 0 Å². The Morgan fingerprint density at radius 1 is 1.32 bits per heavy atom. The Kier molecular flexibility index (Phi) is 9.35. The molecule has 1 saturated heterocycles. The first-order chi connectivity index (χ1) is 18.2. The van der Waals surface area contributed by atoms with Gasteiger partial charge >= 0.3 is 5.97 Å². The van der Waals surface area contributed by atoms with Crippen molar-refractivity contribution in [1.82, 2.24) is 14.9 Å². The Morgan fingerprint density at radius 3 is 2.66 bits per heavy atom. The van der Waals surface area contributed by atoms with Crippen LogP contribution in [0.2, 0.25) is 5.02 Å². The molecule has 3 aromatic heterocycles. The molecule has 1 amide bonds. The highest BCUT2D eigenvalue weighted by molar-refractivity contribution is 7.17. The second-order valence-electron chi connectivity index (χ2n) is 9.43. The largest absolute Gasteiger partial charge is 0.466 e. The summed E-state index contributed by atoms with van der Waals surface area (Å²) >= 11 is 9.03. The molecule has 0 radical (unpaired) electrons. The van der Waals surface area contributed by atoms with Crippen LogP contribution in [0.5, 0.6) is 0 Å². The summed E-state index contributed by atoms with van der Waals surface area (Å²) in [6, 6.07) is 3.38. The quantitative estimate of drug-likeness (QED) is 0.314. The van der Waals surface area contributed by atoms with Gasteiger partial charge in [-0.15, -0.1) is 11.3 Å². The third kappa shape index (κ3) is 6.69. The van der Waals surface area contributed by atoms with Gasteiger partial charge in [0.25, 0.3) is 5.91 Å². The molecule has 0 aromatic carbocycles. The average molecular weight is 580 g/mol. The van der Waals surface area contributed by atoms with E-state index in [0.717, 1.165) is 15.4 Å². The van der Waals surface area contributed by atoms with Gasteiger partial charge in [0.2, 0.25) is 0 Å². The number of piperidine rings is 1. The molecule has 1 aliphatic heterocycles. The van der Waals surface area contributed by atoms with Crippen molar-refractivity contribution in [2.75, 3.05) is 37.0 Å². The highest BCUT2D eigenvalue weighted by Crippen LogP contribution is 2.37. The zero-order valence-electron chi connectivity index (χ0n) is 21.8. The predicted octanol–water partition coefficient (Wildman–Crippen LogP) is 5.93. The Labute approximate surface area is 234 Å². The number of nitrogens with zero attached hydrogens (tertiary/aromatic N) is 4. The molecule has 4 rings (SSSR count). The summed E-state index contributed by atoms with van der Waals surface area (Å²) in [5, 5.41) is 5.71. The van der Waals surface area contributed by atoms with Crippen molar-refractivity contribution in [1.29, 1.82) is 0 Å². The molecule has 0 atom stereocenters. The van der Waals surface area contributed by atoms with Crippen LogP contribution in [0.15, 0.2) is 23.7 Å². The van der Waals surface area contributed by atoms with Crippen LogP contribution in [-0.4, -0.2) is 59.5 Å². The van der Waals surface area contributed by atoms with E-state index in [-0.39, 0.29) is 23.3 Å². The number of pyridine rings is 1. The van der Waals surface area contributed by atoms with Gasteiger partial charge in [0.1, 0.15) is 0 Å². The van der Waals surface area contributed by atoms with E-state index >= 15 is 4.39 Å². The molecule has 1 N–H and O–H groups in total. The Hall–Kier alpha value is -2.60. The molecule has 38 heavy (non-hydrogen) atoms. The summed E-state index contributed by atoms with van der Waals surface area (Å²) in [7, 11) is 2.03. The standard InChI is InChI=1S/C26H31ClFN5O3S2/c1-5-36-25(35)16-6-8-33(9-7-16)23-19(28)10-17(12-29-23)24(34)31-26-30-22(20-11-18(27)14-37-20)21(38-26)13-32(4)15(2)3/h10-12,14-16H,5-9,13H2,1-4H3,(H,30,31,34). The second kappa shape index (κ2) is 12.5. The van der Waals surface area contributed by atoms with Crippen molar-refractivity contribution in [2.24, 2.45) is 5.92 Å². The third-order valence-electron chi connectivity index (χ3n) is 6.49. The number of nitrogens with one attached hydrogen (secondary N) is 1. The third-order valence-corrected chi connectivity index (χ3v) is 8.73. The number of hydrogen-bond acceptors (Lipinski definition) is 9. The number of hydrogen-bond donors (Lipinski definition) is 1. The lowest BCUT2D eigenvalue weighted by Gasteiger charge is -2.31. The number of thiazole rings is 1. The van der Waals surface area contributed by atoms with Crippen LogP contribution < -0.4 is 10.2 Å². The minimum atomic E-state index is -0.584. The lowest BCUT2D eigenvalue weighted by atomic mass is 9.97. The number of rotatable bonds is 9. The maximum absolute atomic E-state index is 15.0. The molecule has 204 valence electrons. The maximum atomic E-state index is 15.0. The minimum absolute atomic E-state index is 0.101. The molecule has 0 spiro atoms. The molecule has 1 fully saturated rings. The van der Waals surface area contributed by atoms with Gasteiger partial charge < -0.3 is 9.64 Å². The fraction of sp³-hybridized carbons (Fsp3) is 0.462. The normalized spacial score (nSPS) is 14.4. The van der Waals surface area contributed by atoms with Gasteiger partial charge in [0.05, 0.1) is 33.7 Å². The zero-order valence-corrected chi connectivity index (χ0v) is 24.2. The first-order valence-electron chi connectivity index (χ1n) is 12.5. The topological polar surface area (TPSA) is 87.7 Å². The van der Waals surface area contributed by atoms with Crippen LogP contribution >= 0.6 is 34.3 Å². The smallest absolute Gasteiger partial charge is 0.309 e. The highest BCUT2D eigenvalue weighted by Gasteiger charge is 2.28. The molecule has 8 nitrogen and oxygen atoms in total. The second-order valence-corrected chi connectivity index (χ2v) is 11.9. The molecular formula is C26H31ClFN5O3S2. The van der Waals surface area contributed by atoms with E-state index in [1.165, 1.54) is 34.9 Å². The van der Waals surface area contributed by atoms with Gasteiger partial charge in [-0.1, -0.05) is 22.9 Å². The summed E-state index contributed by atoms with van der Waals surface area (Å²) in [5.41, 5.74) is 0.880. The fourth-order valence-electron chi connectivity index (χ4n) is 4.10. The number of thiophene rings is 1. The van der Waals surface area contributed by atoms with Gasteiger partial charge in [-0.25, -0.2) is 14.4 Å². The van der Waals surface area contributed by atoms with Crippen LogP contribution in [0.1, 0.15) is 48.8 Å². The summed E-state index contributed by atoms with van der Waals surface area (Å²) < 4.78 is 20.1. The van der Waals surface area contributed by atoms with E-state index in [1.807, 2.05) is 18.5 Å². The number of halogens is 2. The minimum Gasteiger partial charge on any atom is -0.466 e. The Morgan fingerprint density at radius 2 is 2.05 bits per heavy atom. The molecule has 12 heteroatoms. The summed E-state index contributed by atoms with van der Waals surface area (Å²) in [5.74, 6) is -1.29. The molecule has 0 bridgehead atoms. The monoisotopic (exact) mass is 579 g/mol. The number of anilines is 2. The van der Waals surface area contributed by atoms with Crippen LogP contribution in [0.3, 0.4) is 0 Å². The molecule has 4 heterocycles. The first-order valence-corrected chi connectivity index (χ1v) is 14.6. The number of carbonyl (C=O) groups excluding carboxylic acids is 2. The average Bonchev–Trinajstić information content (AvgIpc) is 3.49. The van der Waals surface area contributed by atoms with Crippen molar-refractivity contribution in [3.8, 4) is 10.6 Å². The van der Waals surface area contributed by atoms with Crippen molar-refractivity contribution in [2.45, 2.75) is 46.2 Å². The van der Waals surface area contributed by atoms with Gasteiger partial charge in [-0.3, -0.25) is 19.8 Å². The molecule has 0 aliphatic carbocycles. The van der Waals surface area contributed by atoms with E-state index in [9.17, 15) is 9.59 Å². The van der Waals surface area contributed by atoms with E-state index in [1.54, 1.807) is 11.8 Å². The lowest BCUT2D eigenvalue weighted by molar-refractivity contribution is -0.148. The van der Waals surface area contributed by atoms with Gasteiger partial charge in [-0.05, 0) is 52.8 Å². The number of amides is 1. The van der Waals surface area contributed by atoms with Gasteiger partial charge in [0, 0.05) is 42.1 Å². The van der Waals surface area contributed by atoms with Gasteiger partial charge in [0.15, 0.2) is 16.8 Å². The van der Waals surface area contributed by atoms with Gasteiger partial charge in [-0.2, -0.15) is 0 Å². The van der Waals surface area contributed by atoms with E-state index < -0.39 is 11.7 Å². The van der Waals surface area contributed by atoms with E-state index in [2.05, 4.69) is 34.0 Å². The predicted molar refractivity (Wildman–Crippen MR) is 151 cm³/mol. The fourth-order valence-corrected chi connectivity index (χ4v) is 6.28. The molecule has 3 aromatic rings. The van der Waals surface area contributed by atoms with Crippen molar-refractivity contribution in [3.05, 3.63) is 45.0 Å². The van der Waals surface area contributed by atoms with Crippen LogP contribution in [0.4, 0.5) is 15.3 Å². The van der Waals surface area contributed by atoms with Crippen LogP contribution in [-0.2, 0) is 16.1 Å². The van der Waals surface area contributed by atoms with Crippen LogP contribution in [0, 0.1) is 11.7 Å². The van der Waals surface area contributed by atoms with Crippen molar-refractivity contribution >= 4 is 57.1 Å². The summed E-state index contributed by atoms with van der Waals surface area (Å²) in [4.78, 5) is 39.8. The number of carbonyl (C=O) groups is 2. The molecule has 1 aliphatic rings. The number of aromatic nitrogens is 2. The summed E-state index contributed by atoms with van der Waals surface area (Å²) in [6.07, 6.45) is 2.50. The first kappa shape index (κ1) is 28.4. The Balaban J connectivity index is 1.46. The molecular weight excluding hydrogens is 549 g/mol. The highest BCUT2D eigenvalue weighted by atomic mass is 35.5. The van der Waals surface area contributed by atoms with E-state index in [4.69, 9.17) is 16.3 Å². The number of ether oxygens (including phenoxy) is 1. The van der Waals surface area contributed by atoms with Crippen molar-refractivity contribution < 1.29 is 18.7 Å². The molecule has 0 unspecified atom stereocenters. The number of esters is 1. The lowest BCUT2D eigenvalue weighted by Crippen LogP contribution is -2.38. The molecule has 0 saturated carbocycles. The summed E-state index contributed by atoms with van der Waals surface area (Å²) in [6.45, 7) is 7.98. The zero-order chi connectivity index (χ0) is 27.4. The van der Waals surface area contributed by atoms with E-state index in [0.29, 0.717) is 55.3 Å². The maximum Gasteiger partial charge on any atom is 0.309 e. The Bertz CT molecular complexity index is 1290. The SMILES string of the molecule is CCOC(=O)C1CCN(c2ncc(C(=O)Nc3nc(-c4cc(Cl)cs4)c(CN(C)C(C)C)s3)cc2F)CC1. The van der Waals surface area contributed by atoms with Crippen LogP contribution in [0.25, 0.3) is 10.6 Å².